The van der Waals surface area contributed by atoms with Crippen molar-refractivity contribution in [3.05, 3.63) is 60.1 Å². The van der Waals surface area contributed by atoms with E-state index in [-0.39, 0.29) is 5.88 Å². The number of carbonyl (C=O) groups is 1. The maximum Gasteiger partial charge on any atom is 0.357 e. The van der Waals surface area contributed by atoms with Crippen LogP contribution in [0.5, 0.6) is 11.5 Å². The summed E-state index contributed by atoms with van der Waals surface area (Å²) in [5, 5.41) is 8.87. The highest BCUT2D eigenvalue weighted by molar-refractivity contribution is 5.85. The Morgan fingerprint density at radius 2 is 1.78 bits per heavy atom. The summed E-state index contributed by atoms with van der Waals surface area (Å²) >= 11 is 0. The molecule has 0 saturated carbocycles. The molecule has 0 bridgehead atoms. The van der Waals surface area contributed by atoms with Gasteiger partial charge in [0.05, 0.1) is 7.11 Å². The molecule has 2 rings (SSSR count). The Balaban J connectivity index is 2.29. The largest absolute Gasteiger partial charge is 0.497 e. The summed E-state index contributed by atoms with van der Waals surface area (Å²) in [5.41, 5.74) is 8.87. The Bertz CT molecular complexity index is 726. The van der Waals surface area contributed by atoms with Crippen molar-refractivity contribution in [1.29, 1.82) is 0 Å². The van der Waals surface area contributed by atoms with E-state index in [1.165, 1.54) is 0 Å². The summed E-state index contributed by atoms with van der Waals surface area (Å²) in [6.45, 7) is 0. The van der Waals surface area contributed by atoms with E-state index in [1.54, 1.807) is 25.3 Å². The van der Waals surface area contributed by atoms with Gasteiger partial charge >= 0.3 is 5.97 Å². The molecule has 0 fully saturated rings. The minimum absolute atomic E-state index is 0.232. The number of carboxylic acids is 1. The quantitative estimate of drug-likeness (QED) is 0.275. The zero-order valence-corrected chi connectivity index (χ0v) is 12.4. The number of rotatable bonds is 6. The lowest BCUT2D eigenvalue weighted by molar-refractivity contribution is -0.132. The van der Waals surface area contributed by atoms with Gasteiger partial charge in [-0.25, -0.2) is 10.6 Å². The molecule has 6 N–H and O–H groups in total. The highest BCUT2D eigenvalue weighted by Crippen LogP contribution is 2.26. The van der Waals surface area contributed by atoms with E-state index in [4.69, 9.17) is 26.2 Å². The van der Waals surface area contributed by atoms with Gasteiger partial charge in [0.25, 0.3) is 0 Å². The van der Waals surface area contributed by atoms with E-state index >= 15 is 0 Å². The van der Waals surface area contributed by atoms with Crippen molar-refractivity contribution in [3.8, 4) is 22.6 Å². The lowest BCUT2D eigenvalue weighted by Crippen LogP contribution is -2.31. The van der Waals surface area contributed by atoms with Crippen LogP contribution in [0.15, 0.2) is 60.1 Å². The molecule has 0 radical (unpaired) electrons. The van der Waals surface area contributed by atoms with E-state index in [0.29, 0.717) is 5.75 Å². The lowest BCUT2D eigenvalue weighted by Gasteiger charge is -2.12. The number of aliphatic carboxylic acids is 1. The van der Waals surface area contributed by atoms with Gasteiger partial charge in [0.2, 0.25) is 5.88 Å². The lowest BCUT2D eigenvalue weighted by atomic mass is 10.1. The van der Waals surface area contributed by atoms with Crippen LogP contribution in [0, 0.1) is 0 Å². The fraction of sp³-hybridized carbons (Fsp3) is 0.0625. The standard InChI is InChI=1S/C16H17N3O4/c1-22-12-7-5-10(6-8-12)11-3-2-4-13(9-11)23-15(19-18)14(17)16(20)21/h2-9,19H,17-18H2,1H3,(H,20,21)/b15-14+. The third kappa shape index (κ3) is 3.92. The minimum atomic E-state index is -1.33. The van der Waals surface area contributed by atoms with E-state index in [2.05, 4.69) is 5.43 Å². The van der Waals surface area contributed by atoms with Crippen molar-refractivity contribution >= 4 is 5.97 Å². The van der Waals surface area contributed by atoms with E-state index in [1.807, 2.05) is 30.3 Å². The molecular formula is C16H17N3O4. The van der Waals surface area contributed by atoms with Gasteiger partial charge in [-0.2, -0.15) is 0 Å². The first-order valence-corrected chi connectivity index (χ1v) is 6.67. The number of ether oxygens (including phenoxy) is 2. The third-order valence-corrected chi connectivity index (χ3v) is 3.08. The molecule has 0 aliphatic rings. The molecule has 23 heavy (non-hydrogen) atoms. The van der Waals surface area contributed by atoms with Crippen LogP contribution in [0.25, 0.3) is 11.1 Å². The molecule has 0 aromatic heterocycles. The van der Waals surface area contributed by atoms with Gasteiger partial charge in [0.1, 0.15) is 11.5 Å². The number of hydrogen-bond acceptors (Lipinski definition) is 6. The summed E-state index contributed by atoms with van der Waals surface area (Å²) in [6.07, 6.45) is 0. The van der Waals surface area contributed by atoms with Crippen LogP contribution in [0.2, 0.25) is 0 Å². The average molecular weight is 315 g/mol. The Morgan fingerprint density at radius 1 is 1.09 bits per heavy atom. The van der Waals surface area contributed by atoms with Gasteiger partial charge in [0, 0.05) is 0 Å². The van der Waals surface area contributed by atoms with Crippen LogP contribution in [-0.4, -0.2) is 18.2 Å². The van der Waals surface area contributed by atoms with Gasteiger partial charge < -0.3 is 20.3 Å². The van der Waals surface area contributed by atoms with Crippen LogP contribution >= 0.6 is 0 Å². The van der Waals surface area contributed by atoms with Crippen LogP contribution in [0.3, 0.4) is 0 Å². The predicted octanol–water partition coefficient (Wildman–Crippen LogP) is 1.42. The first kappa shape index (κ1) is 16.2. The molecule has 0 spiro atoms. The molecule has 120 valence electrons. The predicted molar refractivity (Wildman–Crippen MR) is 85.2 cm³/mol. The smallest absolute Gasteiger partial charge is 0.357 e. The SMILES string of the molecule is COc1ccc(-c2cccc(O/C(NN)=C(/N)C(=O)O)c2)cc1. The van der Waals surface area contributed by atoms with Crippen molar-refractivity contribution < 1.29 is 19.4 Å². The number of methoxy groups -OCH3 is 1. The van der Waals surface area contributed by atoms with Crippen molar-refractivity contribution in [2.45, 2.75) is 0 Å². The van der Waals surface area contributed by atoms with Gasteiger partial charge in [-0.1, -0.05) is 24.3 Å². The van der Waals surface area contributed by atoms with Gasteiger partial charge in [-0.3, -0.25) is 5.43 Å². The molecule has 7 nitrogen and oxygen atoms in total. The molecule has 0 amide bonds. The van der Waals surface area contributed by atoms with Crippen LogP contribution in [0.4, 0.5) is 0 Å². The highest BCUT2D eigenvalue weighted by Gasteiger charge is 2.12. The topological polar surface area (TPSA) is 120 Å². The fourth-order valence-corrected chi connectivity index (χ4v) is 1.90. The summed E-state index contributed by atoms with van der Waals surface area (Å²) < 4.78 is 10.5. The molecule has 0 aliphatic carbocycles. The molecule has 0 unspecified atom stereocenters. The second kappa shape index (κ2) is 7.19. The van der Waals surface area contributed by atoms with Gasteiger partial charge in [0.15, 0.2) is 5.70 Å². The van der Waals surface area contributed by atoms with Crippen LogP contribution in [0.1, 0.15) is 0 Å². The fourth-order valence-electron chi connectivity index (χ4n) is 1.90. The number of benzene rings is 2. The number of hydrazine groups is 1. The molecule has 7 heteroatoms. The Labute approximate surface area is 133 Å². The van der Waals surface area contributed by atoms with Crippen molar-refractivity contribution in [3.63, 3.8) is 0 Å². The van der Waals surface area contributed by atoms with E-state index < -0.39 is 11.7 Å². The van der Waals surface area contributed by atoms with Crippen LogP contribution in [-0.2, 0) is 4.79 Å². The third-order valence-electron chi connectivity index (χ3n) is 3.08. The first-order chi connectivity index (χ1) is 11.0. The zero-order chi connectivity index (χ0) is 16.8. The Morgan fingerprint density at radius 3 is 2.35 bits per heavy atom. The molecule has 0 saturated heterocycles. The average Bonchev–Trinajstić information content (AvgIpc) is 2.59. The monoisotopic (exact) mass is 315 g/mol. The van der Waals surface area contributed by atoms with Gasteiger partial charge in [-0.15, -0.1) is 0 Å². The Hall–Kier alpha value is -3.19. The molecule has 0 heterocycles. The summed E-state index contributed by atoms with van der Waals surface area (Å²) in [5.74, 6) is 4.84. The zero-order valence-electron chi connectivity index (χ0n) is 12.4. The molecule has 0 aliphatic heterocycles. The number of hydrogen-bond donors (Lipinski definition) is 4. The van der Waals surface area contributed by atoms with Crippen molar-refractivity contribution in [1.82, 2.24) is 5.43 Å². The normalized spacial score (nSPS) is 11.4. The van der Waals surface area contributed by atoms with E-state index in [9.17, 15) is 4.79 Å². The molecular weight excluding hydrogens is 298 g/mol. The van der Waals surface area contributed by atoms with Crippen LogP contribution < -0.4 is 26.5 Å². The maximum absolute atomic E-state index is 10.9. The second-order valence-corrected chi connectivity index (χ2v) is 4.55. The summed E-state index contributed by atoms with van der Waals surface area (Å²) in [4.78, 5) is 10.9. The van der Waals surface area contributed by atoms with E-state index in [0.717, 1.165) is 16.9 Å². The maximum atomic E-state index is 10.9. The second-order valence-electron chi connectivity index (χ2n) is 4.55. The van der Waals surface area contributed by atoms with Crippen molar-refractivity contribution in [2.75, 3.05) is 7.11 Å². The molecule has 2 aromatic rings. The van der Waals surface area contributed by atoms with Crippen molar-refractivity contribution in [2.24, 2.45) is 11.6 Å². The first-order valence-electron chi connectivity index (χ1n) is 6.67. The van der Waals surface area contributed by atoms with Gasteiger partial charge in [-0.05, 0) is 35.4 Å². The highest BCUT2D eigenvalue weighted by atomic mass is 16.5. The number of carboxylic acid groups (broad SMARTS) is 1. The summed E-state index contributed by atoms with van der Waals surface area (Å²) in [7, 11) is 1.60. The minimum Gasteiger partial charge on any atom is -0.497 e. The Kier molecular flexibility index (Phi) is 5.06. The number of nitrogens with two attached hydrogens (primary N) is 2. The number of nitrogens with one attached hydrogen (secondary N) is 1. The summed E-state index contributed by atoms with van der Waals surface area (Å²) in [6, 6.07) is 14.6. The molecule has 2 aromatic carbocycles. The molecule has 0 atom stereocenters.